The largest absolute Gasteiger partial charge is 0.507 e. The minimum Gasteiger partial charge on any atom is -0.507 e. The number of aryl methyl sites for hydroxylation is 1. The second-order valence-electron chi connectivity index (χ2n) is 2.10. The van der Waals surface area contributed by atoms with Crippen molar-refractivity contribution >= 4 is 22.6 Å². The molecule has 2 heteroatoms. The van der Waals surface area contributed by atoms with E-state index < -0.39 is 0 Å². The third-order valence-electron chi connectivity index (χ3n) is 1.44. The van der Waals surface area contributed by atoms with Crippen LogP contribution in [-0.4, -0.2) is 5.11 Å². The Morgan fingerprint density at radius 1 is 1.50 bits per heavy atom. The number of benzene rings is 1. The van der Waals surface area contributed by atoms with Gasteiger partial charge in [-0.05, 0) is 40.6 Å². The van der Waals surface area contributed by atoms with Gasteiger partial charge in [0.05, 0.1) is 3.57 Å². The van der Waals surface area contributed by atoms with Crippen molar-refractivity contribution in [1.29, 1.82) is 0 Å². The van der Waals surface area contributed by atoms with E-state index in [9.17, 15) is 5.11 Å². The number of hydrogen-bond donors (Lipinski definition) is 1. The summed E-state index contributed by atoms with van der Waals surface area (Å²) >= 11 is 2.15. The van der Waals surface area contributed by atoms with E-state index in [4.69, 9.17) is 0 Å². The molecule has 10 heavy (non-hydrogen) atoms. The number of hydrogen-bond acceptors (Lipinski definition) is 1. The average molecular weight is 248 g/mol. The van der Waals surface area contributed by atoms with E-state index in [1.165, 1.54) is 5.56 Å². The lowest BCUT2D eigenvalue weighted by Crippen LogP contribution is -1.84. The van der Waals surface area contributed by atoms with Crippen LogP contribution >= 0.6 is 22.6 Å². The highest BCUT2D eigenvalue weighted by Crippen LogP contribution is 2.22. The van der Waals surface area contributed by atoms with Gasteiger partial charge in [0.1, 0.15) is 5.75 Å². The second-order valence-corrected chi connectivity index (χ2v) is 3.18. The first-order valence-electron chi connectivity index (χ1n) is 3.22. The van der Waals surface area contributed by atoms with Crippen LogP contribution in [0.1, 0.15) is 12.5 Å². The Balaban J connectivity index is 3.14. The summed E-state index contributed by atoms with van der Waals surface area (Å²) in [6.07, 6.45) is 0.979. The molecule has 0 bridgehead atoms. The summed E-state index contributed by atoms with van der Waals surface area (Å²) in [5, 5.41) is 9.22. The Labute approximate surface area is 74.2 Å². The van der Waals surface area contributed by atoms with Gasteiger partial charge in [-0.2, -0.15) is 0 Å². The highest BCUT2D eigenvalue weighted by atomic mass is 127. The van der Waals surface area contributed by atoms with Crippen LogP contribution in [0.25, 0.3) is 0 Å². The molecular weight excluding hydrogens is 239 g/mol. The van der Waals surface area contributed by atoms with Crippen molar-refractivity contribution in [2.45, 2.75) is 13.3 Å². The van der Waals surface area contributed by atoms with Gasteiger partial charge < -0.3 is 5.11 Å². The molecule has 1 aromatic carbocycles. The van der Waals surface area contributed by atoms with Gasteiger partial charge in [0.2, 0.25) is 0 Å². The smallest absolute Gasteiger partial charge is 0.129 e. The Morgan fingerprint density at radius 3 is 2.70 bits per heavy atom. The maximum atomic E-state index is 9.22. The quantitative estimate of drug-likeness (QED) is 0.757. The van der Waals surface area contributed by atoms with Crippen LogP contribution in [-0.2, 0) is 6.42 Å². The van der Waals surface area contributed by atoms with E-state index in [0.717, 1.165) is 9.99 Å². The van der Waals surface area contributed by atoms with E-state index >= 15 is 0 Å². The highest BCUT2D eigenvalue weighted by Gasteiger charge is 1.99. The van der Waals surface area contributed by atoms with E-state index in [1.54, 1.807) is 6.07 Å². The number of phenols is 1. The van der Waals surface area contributed by atoms with Crippen molar-refractivity contribution in [2.24, 2.45) is 0 Å². The fourth-order valence-corrected chi connectivity index (χ4v) is 1.58. The van der Waals surface area contributed by atoms with Crippen LogP contribution in [0.15, 0.2) is 18.2 Å². The predicted molar refractivity (Wildman–Crippen MR) is 50.2 cm³/mol. The van der Waals surface area contributed by atoms with Crippen LogP contribution in [0, 0.1) is 3.57 Å². The molecule has 0 fully saturated rings. The number of halogens is 1. The van der Waals surface area contributed by atoms with E-state index in [2.05, 4.69) is 29.5 Å². The van der Waals surface area contributed by atoms with Crippen molar-refractivity contribution in [1.82, 2.24) is 0 Å². The molecule has 0 saturated heterocycles. The standard InChI is InChI=1S/C8H9IO/c1-2-6-4-3-5-7(10)8(6)9/h3-5,10H,2H2,1H3. The molecule has 0 heterocycles. The zero-order chi connectivity index (χ0) is 7.56. The Hall–Kier alpha value is -0.250. The van der Waals surface area contributed by atoms with Gasteiger partial charge in [0, 0.05) is 0 Å². The molecule has 0 aliphatic carbocycles. The zero-order valence-corrected chi connectivity index (χ0v) is 7.92. The lowest BCUT2D eigenvalue weighted by atomic mass is 10.2. The molecule has 0 aliphatic heterocycles. The first-order chi connectivity index (χ1) is 4.75. The Morgan fingerprint density at radius 2 is 2.20 bits per heavy atom. The molecule has 1 nitrogen and oxygen atoms in total. The third kappa shape index (κ3) is 1.42. The van der Waals surface area contributed by atoms with E-state index in [0.29, 0.717) is 5.75 Å². The monoisotopic (exact) mass is 248 g/mol. The van der Waals surface area contributed by atoms with Gasteiger partial charge in [-0.1, -0.05) is 19.1 Å². The summed E-state index contributed by atoms with van der Waals surface area (Å²) in [7, 11) is 0. The minimum atomic E-state index is 0.389. The molecule has 0 aromatic heterocycles. The minimum absolute atomic E-state index is 0.389. The molecule has 0 radical (unpaired) electrons. The van der Waals surface area contributed by atoms with Gasteiger partial charge in [-0.3, -0.25) is 0 Å². The lowest BCUT2D eigenvalue weighted by molar-refractivity contribution is 0.470. The van der Waals surface area contributed by atoms with Crippen molar-refractivity contribution < 1.29 is 5.11 Å². The van der Waals surface area contributed by atoms with Gasteiger partial charge in [-0.15, -0.1) is 0 Å². The molecule has 0 atom stereocenters. The van der Waals surface area contributed by atoms with Gasteiger partial charge in [-0.25, -0.2) is 0 Å². The summed E-state index contributed by atoms with van der Waals surface area (Å²) in [6, 6.07) is 5.61. The molecule has 1 rings (SSSR count). The highest BCUT2D eigenvalue weighted by molar-refractivity contribution is 14.1. The maximum absolute atomic E-state index is 9.22. The maximum Gasteiger partial charge on any atom is 0.129 e. The number of rotatable bonds is 1. The molecule has 1 N–H and O–H groups in total. The fraction of sp³-hybridized carbons (Fsp3) is 0.250. The first kappa shape index (κ1) is 7.85. The molecule has 0 aliphatic rings. The molecule has 0 unspecified atom stereocenters. The van der Waals surface area contributed by atoms with Gasteiger partial charge >= 0.3 is 0 Å². The summed E-state index contributed by atoms with van der Waals surface area (Å²) < 4.78 is 0.975. The van der Waals surface area contributed by atoms with Crippen LogP contribution in [0.5, 0.6) is 5.75 Å². The molecule has 0 amide bonds. The topological polar surface area (TPSA) is 20.2 Å². The van der Waals surface area contributed by atoms with E-state index in [1.807, 2.05) is 12.1 Å². The first-order valence-corrected chi connectivity index (χ1v) is 4.30. The summed E-state index contributed by atoms with van der Waals surface area (Å²) in [4.78, 5) is 0. The predicted octanol–water partition coefficient (Wildman–Crippen LogP) is 2.56. The third-order valence-corrected chi connectivity index (χ3v) is 2.68. The Kier molecular flexibility index (Phi) is 2.54. The van der Waals surface area contributed by atoms with Crippen LogP contribution in [0.4, 0.5) is 0 Å². The van der Waals surface area contributed by atoms with Crippen LogP contribution in [0.2, 0.25) is 0 Å². The Bertz CT molecular complexity index is 233. The molecule has 0 spiro atoms. The van der Waals surface area contributed by atoms with Crippen molar-refractivity contribution in [3.8, 4) is 5.75 Å². The SMILES string of the molecule is CCc1cccc(O)c1I. The fourth-order valence-electron chi connectivity index (χ4n) is 0.839. The van der Waals surface area contributed by atoms with E-state index in [-0.39, 0.29) is 0 Å². The molecule has 0 saturated carbocycles. The zero-order valence-electron chi connectivity index (χ0n) is 5.76. The second kappa shape index (κ2) is 3.23. The van der Waals surface area contributed by atoms with Crippen LogP contribution in [0.3, 0.4) is 0 Å². The molecule has 54 valence electrons. The van der Waals surface area contributed by atoms with Gasteiger partial charge in [0.15, 0.2) is 0 Å². The summed E-state index contributed by atoms with van der Waals surface area (Å²) in [5.74, 6) is 0.389. The summed E-state index contributed by atoms with van der Waals surface area (Å²) in [6.45, 7) is 2.08. The normalized spacial score (nSPS) is 9.80. The lowest BCUT2D eigenvalue weighted by Gasteiger charge is -2.01. The van der Waals surface area contributed by atoms with Crippen molar-refractivity contribution in [3.05, 3.63) is 27.3 Å². The molecule has 1 aromatic rings. The van der Waals surface area contributed by atoms with Crippen LogP contribution < -0.4 is 0 Å². The molecular formula is C8H9IO. The average Bonchev–Trinajstić information content (AvgIpc) is 1.95. The summed E-state index contributed by atoms with van der Waals surface area (Å²) in [5.41, 5.74) is 1.21. The van der Waals surface area contributed by atoms with Gasteiger partial charge in [0.25, 0.3) is 0 Å². The van der Waals surface area contributed by atoms with Crippen molar-refractivity contribution in [3.63, 3.8) is 0 Å². The van der Waals surface area contributed by atoms with Crippen molar-refractivity contribution in [2.75, 3.05) is 0 Å². The number of aromatic hydroxyl groups is 1. The number of phenolic OH excluding ortho intramolecular Hbond substituents is 1.